The number of benzene rings is 2. The zero-order valence-electron chi connectivity index (χ0n) is 18.2. The van der Waals surface area contributed by atoms with Gasteiger partial charge in [0.05, 0.1) is 5.56 Å². The van der Waals surface area contributed by atoms with Crippen molar-refractivity contribution in [3.8, 4) is 0 Å². The van der Waals surface area contributed by atoms with Crippen LogP contribution in [-0.4, -0.2) is 37.4 Å². The van der Waals surface area contributed by atoms with E-state index in [1.54, 1.807) is 23.1 Å². The number of aromatic nitrogens is 3. The topological polar surface area (TPSA) is 88.7 Å². The molecule has 0 saturated carbocycles. The molecule has 1 aliphatic rings. The third-order valence-corrected chi connectivity index (χ3v) is 5.88. The van der Waals surface area contributed by atoms with Gasteiger partial charge in [-0.1, -0.05) is 36.4 Å². The Morgan fingerprint density at radius 3 is 2.67 bits per heavy atom. The Balaban J connectivity index is 1.34. The number of fused-ring (bicyclic) bond motifs is 2. The summed E-state index contributed by atoms with van der Waals surface area (Å²) in [6.07, 6.45) is 2.25. The summed E-state index contributed by atoms with van der Waals surface area (Å²) in [7, 11) is 0. The van der Waals surface area contributed by atoms with Gasteiger partial charge in [0.1, 0.15) is 6.54 Å². The molecule has 4 aromatic rings. The maximum atomic E-state index is 12.9. The van der Waals surface area contributed by atoms with Gasteiger partial charge in [-0.05, 0) is 54.3 Å². The molecule has 0 bridgehead atoms. The number of amides is 2. The van der Waals surface area contributed by atoms with Crippen LogP contribution in [0.25, 0.3) is 5.65 Å². The van der Waals surface area contributed by atoms with Crippen molar-refractivity contribution < 1.29 is 9.59 Å². The van der Waals surface area contributed by atoms with E-state index in [4.69, 9.17) is 0 Å². The number of anilines is 1. The molecule has 2 aromatic heterocycles. The smallest absolute Gasteiger partial charge is 0.336 e. The summed E-state index contributed by atoms with van der Waals surface area (Å²) in [6.45, 7) is 2.94. The highest BCUT2D eigenvalue weighted by atomic mass is 16.2. The Morgan fingerprint density at radius 2 is 1.85 bits per heavy atom. The molecule has 2 aromatic carbocycles. The molecule has 8 heteroatoms. The summed E-state index contributed by atoms with van der Waals surface area (Å²) in [6, 6.07) is 18.8. The van der Waals surface area contributed by atoms with Crippen LogP contribution in [0.15, 0.2) is 71.7 Å². The third kappa shape index (κ3) is 4.15. The number of hydrogen-bond acceptors (Lipinski definition) is 4. The molecule has 33 heavy (non-hydrogen) atoms. The van der Waals surface area contributed by atoms with Crippen molar-refractivity contribution in [2.75, 3.05) is 11.9 Å². The van der Waals surface area contributed by atoms with Crippen LogP contribution in [-0.2, 0) is 24.3 Å². The second kappa shape index (κ2) is 8.38. The molecule has 5 rings (SSSR count). The molecule has 0 aliphatic carbocycles. The predicted molar refractivity (Wildman–Crippen MR) is 124 cm³/mol. The summed E-state index contributed by atoms with van der Waals surface area (Å²) in [5.74, 6) is -0.488. The van der Waals surface area contributed by atoms with Gasteiger partial charge in [-0.3, -0.25) is 9.59 Å². The molecule has 0 unspecified atom stereocenters. The van der Waals surface area contributed by atoms with Crippen molar-refractivity contribution >= 4 is 23.1 Å². The summed E-state index contributed by atoms with van der Waals surface area (Å²) in [4.78, 5) is 40.2. The van der Waals surface area contributed by atoms with Crippen molar-refractivity contribution in [2.45, 2.75) is 26.4 Å². The van der Waals surface area contributed by atoms with E-state index in [1.807, 2.05) is 43.3 Å². The van der Waals surface area contributed by atoms with E-state index in [2.05, 4.69) is 16.5 Å². The summed E-state index contributed by atoms with van der Waals surface area (Å²) < 4.78 is 2.45. The second-order valence-corrected chi connectivity index (χ2v) is 8.24. The summed E-state index contributed by atoms with van der Waals surface area (Å²) in [5, 5.41) is 7.11. The molecule has 166 valence electrons. The number of pyridine rings is 1. The lowest BCUT2D eigenvalue weighted by molar-refractivity contribution is -0.133. The molecule has 1 N–H and O–H groups in total. The van der Waals surface area contributed by atoms with Crippen molar-refractivity contribution in [1.82, 2.24) is 19.1 Å². The van der Waals surface area contributed by atoms with E-state index < -0.39 is 5.69 Å². The van der Waals surface area contributed by atoms with E-state index in [9.17, 15) is 14.4 Å². The summed E-state index contributed by atoms with van der Waals surface area (Å²) >= 11 is 0. The number of rotatable bonds is 4. The fourth-order valence-corrected chi connectivity index (χ4v) is 4.12. The highest BCUT2D eigenvalue weighted by Gasteiger charge is 2.22. The van der Waals surface area contributed by atoms with Crippen LogP contribution in [0.3, 0.4) is 0 Å². The molecule has 1 aliphatic heterocycles. The van der Waals surface area contributed by atoms with Crippen molar-refractivity contribution in [2.24, 2.45) is 0 Å². The molecule has 0 atom stereocenters. The fraction of sp³-hybridized carbons (Fsp3) is 0.200. The van der Waals surface area contributed by atoms with Gasteiger partial charge in [-0.15, -0.1) is 5.10 Å². The Bertz CT molecular complexity index is 1440. The van der Waals surface area contributed by atoms with Crippen LogP contribution in [0.5, 0.6) is 0 Å². The highest BCUT2D eigenvalue weighted by molar-refractivity contribution is 6.04. The number of nitrogens with zero attached hydrogens (tertiary/aromatic N) is 4. The Labute approximate surface area is 190 Å². The van der Waals surface area contributed by atoms with Gasteiger partial charge < -0.3 is 10.2 Å². The molecule has 0 saturated heterocycles. The largest absolute Gasteiger partial charge is 0.350 e. The van der Waals surface area contributed by atoms with Gasteiger partial charge in [0.15, 0.2) is 5.65 Å². The zero-order chi connectivity index (χ0) is 22.9. The van der Waals surface area contributed by atoms with E-state index >= 15 is 0 Å². The van der Waals surface area contributed by atoms with E-state index in [-0.39, 0.29) is 18.4 Å². The van der Waals surface area contributed by atoms with E-state index in [1.165, 1.54) is 16.2 Å². The first kappa shape index (κ1) is 20.7. The van der Waals surface area contributed by atoms with Crippen molar-refractivity contribution in [1.29, 1.82) is 0 Å². The Hall–Kier alpha value is -4.20. The quantitative estimate of drug-likeness (QED) is 0.527. The Kier molecular flexibility index (Phi) is 5.26. The van der Waals surface area contributed by atoms with Crippen LogP contribution in [0.4, 0.5) is 5.69 Å². The lowest BCUT2D eigenvalue weighted by atomic mass is 10.00. The van der Waals surface area contributed by atoms with Crippen molar-refractivity contribution in [3.63, 3.8) is 0 Å². The van der Waals surface area contributed by atoms with Crippen LogP contribution in [0.2, 0.25) is 0 Å². The van der Waals surface area contributed by atoms with Crippen LogP contribution >= 0.6 is 0 Å². The van der Waals surface area contributed by atoms with Gasteiger partial charge in [0.25, 0.3) is 5.91 Å². The third-order valence-electron chi connectivity index (χ3n) is 5.88. The molecular formula is C25H23N5O3. The standard InChI is InChI=1S/C25H23N5O3/c1-17-5-4-8-21(13-17)26-24(32)20-9-10-22-27-30(25(33)29(22)15-20)16-23(31)28-12-11-18-6-2-3-7-19(18)14-28/h2-10,13,15H,11-12,14,16H2,1H3,(H,26,32). The van der Waals surface area contributed by atoms with Crippen LogP contribution in [0.1, 0.15) is 27.0 Å². The lowest BCUT2D eigenvalue weighted by Crippen LogP contribution is -2.39. The SMILES string of the molecule is Cc1cccc(NC(=O)c2ccc3nn(CC(=O)N4CCc5ccccc5C4)c(=O)n3c2)c1. The fourth-order valence-electron chi connectivity index (χ4n) is 4.12. The van der Waals surface area contributed by atoms with Crippen LogP contribution < -0.4 is 11.0 Å². The zero-order valence-corrected chi connectivity index (χ0v) is 18.2. The maximum absolute atomic E-state index is 12.9. The van der Waals surface area contributed by atoms with E-state index in [0.717, 1.165) is 22.2 Å². The summed E-state index contributed by atoms with van der Waals surface area (Å²) in [5.41, 5.74) is 4.33. The number of nitrogens with one attached hydrogen (secondary N) is 1. The number of aryl methyl sites for hydroxylation is 1. The van der Waals surface area contributed by atoms with Gasteiger partial charge >= 0.3 is 5.69 Å². The average Bonchev–Trinajstić information content (AvgIpc) is 3.13. The lowest BCUT2D eigenvalue weighted by Gasteiger charge is -2.28. The maximum Gasteiger partial charge on any atom is 0.350 e. The Morgan fingerprint density at radius 1 is 1.03 bits per heavy atom. The number of hydrogen-bond donors (Lipinski definition) is 1. The molecule has 2 amide bonds. The minimum absolute atomic E-state index is 0.145. The average molecular weight is 441 g/mol. The number of carbonyl (C=O) groups is 2. The normalized spacial score (nSPS) is 13.1. The molecular weight excluding hydrogens is 418 g/mol. The van der Waals surface area contributed by atoms with Gasteiger partial charge in [0, 0.05) is 25.0 Å². The molecule has 8 nitrogen and oxygen atoms in total. The monoisotopic (exact) mass is 441 g/mol. The minimum Gasteiger partial charge on any atom is -0.336 e. The molecule has 0 radical (unpaired) electrons. The second-order valence-electron chi connectivity index (χ2n) is 8.24. The highest BCUT2D eigenvalue weighted by Crippen LogP contribution is 2.18. The van der Waals surface area contributed by atoms with Crippen molar-refractivity contribution in [3.05, 3.63) is 99.6 Å². The first-order chi connectivity index (χ1) is 16.0. The molecule has 0 spiro atoms. The van der Waals surface area contributed by atoms with Gasteiger partial charge in [-0.2, -0.15) is 0 Å². The first-order valence-electron chi connectivity index (χ1n) is 10.8. The minimum atomic E-state index is -0.457. The van der Waals surface area contributed by atoms with Gasteiger partial charge in [-0.25, -0.2) is 13.9 Å². The first-order valence-corrected chi connectivity index (χ1v) is 10.8. The van der Waals surface area contributed by atoms with E-state index in [0.29, 0.717) is 30.0 Å². The molecule has 3 heterocycles. The number of carbonyl (C=O) groups excluding carboxylic acids is 2. The van der Waals surface area contributed by atoms with Crippen LogP contribution in [0, 0.1) is 6.92 Å². The van der Waals surface area contributed by atoms with Gasteiger partial charge in [0.2, 0.25) is 5.91 Å². The molecule has 0 fully saturated rings. The predicted octanol–water partition coefficient (Wildman–Crippen LogP) is 2.64.